The summed E-state index contributed by atoms with van der Waals surface area (Å²) in [5, 5.41) is 3.49. The first-order chi connectivity index (χ1) is 15.0. The molecule has 1 atom stereocenters. The Labute approximate surface area is 201 Å². The summed E-state index contributed by atoms with van der Waals surface area (Å²) < 4.78 is 56.0. The van der Waals surface area contributed by atoms with Crippen LogP contribution in [-0.4, -0.2) is 14.3 Å². The Balaban J connectivity index is 1.93. The van der Waals surface area contributed by atoms with Gasteiger partial charge in [0.1, 0.15) is 11.6 Å². The van der Waals surface area contributed by atoms with Gasteiger partial charge in [0, 0.05) is 14.5 Å². The SMILES string of the molecule is C[C@@H](NC(=O)c1ccc(Br)cc1NS(=O)(=O)c1c(F)cccc1F)c1ccc(Cl)cc1Cl. The number of carbonyl (C=O) groups excluding carboxylic acids is 1. The van der Waals surface area contributed by atoms with Crippen molar-refractivity contribution < 1.29 is 22.0 Å². The smallest absolute Gasteiger partial charge is 0.267 e. The minimum absolute atomic E-state index is 0.0644. The van der Waals surface area contributed by atoms with Crippen LogP contribution >= 0.6 is 39.1 Å². The molecule has 3 rings (SSSR count). The summed E-state index contributed by atoms with van der Waals surface area (Å²) in [5.74, 6) is -3.16. The third-order valence-electron chi connectivity index (χ3n) is 4.43. The maximum Gasteiger partial charge on any atom is 0.267 e. The number of benzene rings is 3. The molecule has 3 aromatic rings. The Kier molecular flexibility index (Phi) is 7.44. The van der Waals surface area contributed by atoms with Crippen LogP contribution < -0.4 is 10.0 Å². The van der Waals surface area contributed by atoms with E-state index >= 15 is 0 Å². The maximum atomic E-state index is 14.0. The fourth-order valence-electron chi connectivity index (χ4n) is 2.94. The van der Waals surface area contributed by atoms with Crippen molar-refractivity contribution in [2.45, 2.75) is 17.9 Å². The van der Waals surface area contributed by atoms with E-state index in [1.807, 2.05) is 0 Å². The number of sulfonamides is 1. The molecule has 2 N–H and O–H groups in total. The van der Waals surface area contributed by atoms with Gasteiger partial charge in [-0.3, -0.25) is 9.52 Å². The lowest BCUT2D eigenvalue weighted by Crippen LogP contribution is -2.28. The summed E-state index contributed by atoms with van der Waals surface area (Å²) in [6.45, 7) is 1.68. The lowest BCUT2D eigenvalue weighted by atomic mass is 10.1. The van der Waals surface area contributed by atoms with Crippen LogP contribution in [0.5, 0.6) is 0 Å². The van der Waals surface area contributed by atoms with Crippen molar-refractivity contribution in [3.63, 3.8) is 0 Å². The Morgan fingerprint density at radius 1 is 1.03 bits per heavy atom. The molecular weight excluding hydrogens is 549 g/mol. The molecule has 0 radical (unpaired) electrons. The molecule has 0 fully saturated rings. The van der Waals surface area contributed by atoms with Gasteiger partial charge in [-0.2, -0.15) is 0 Å². The van der Waals surface area contributed by atoms with Crippen LogP contribution in [0.2, 0.25) is 10.0 Å². The molecule has 168 valence electrons. The Morgan fingerprint density at radius 3 is 2.31 bits per heavy atom. The summed E-state index contributed by atoms with van der Waals surface area (Å²) in [5.41, 5.74) is 0.358. The van der Waals surface area contributed by atoms with Crippen molar-refractivity contribution in [3.8, 4) is 0 Å². The number of hydrogen-bond acceptors (Lipinski definition) is 3. The molecule has 0 saturated carbocycles. The number of hydrogen-bond donors (Lipinski definition) is 2. The van der Waals surface area contributed by atoms with Gasteiger partial charge in [-0.05, 0) is 55.0 Å². The predicted molar refractivity (Wildman–Crippen MR) is 124 cm³/mol. The lowest BCUT2D eigenvalue weighted by molar-refractivity contribution is 0.0941. The van der Waals surface area contributed by atoms with Crippen LogP contribution in [0.15, 0.2) is 64.0 Å². The van der Waals surface area contributed by atoms with Crippen molar-refractivity contribution >= 4 is 60.7 Å². The highest BCUT2D eigenvalue weighted by Gasteiger charge is 2.26. The number of nitrogens with one attached hydrogen (secondary N) is 2. The fraction of sp³-hybridized carbons (Fsp3) is 0.0952. The van der Waals surface area contributed by atoms with Crippen LogP contribution in [-0.2, 0) is 10.0 Å². The molecule has 0 aliphatic carbocycles. The summed E-state index contributed by atoms with van der Waals surface area (Å²) in [7, 11) is -4.68. The number of anilines is 1. The van der Waals surface area contributed by atoms with E-state index in [0.717, 1.165) is 18.2 Å². The highest BCUT2D eigenvalue weighted by atomic mass is 79.9. The van der Waals surface area contributed by atoms with Gasteiger partial charge in [0.05, 0.1) is 17.3 Å². The fourth-order valence-corrected chi connectivity index (χ4v) is 5.08. The number of rotatable bonds is 6. The number of carbonyl (C=O) groups is 1. The quantitative estimate of drug-likeness (QED) is 0.368. The Morgan fingerprint density at radius 2 is 1.69 bits per heavy atom. The van der Waals surface area contributed by atoms with Crippen molar-refractivity contribution in [2.24, 2.45) is 0 Å². The van der Waals surface area contributed by atoms with Gasteiger partial charge in [0.25, 0.3) is 15.9 Å². The first-order valence-electron chi connectivity index (χ1n) is 9.02. The monoisotopic (exact) mass is 562 g/mol. The third kappa shape index (κ3) is 5.40. The zero-order valence-corrected chi connectivity index (χ0v) is 20.2. The number of halogens is 5. The molecule has 0 aliphatic rings. The van der Waals surface area contributed by atoms with Gasteiger partial charge in [0.15, 0.2) is 4.90 Å². The zero-order valence-electron chi connectivity index (χ0n) is 16.3. The molecule has 0 unspecified atom stereocenters. The molecule has 0 bridgehead atoms. The standard InChI is InChI=1S/C21H15BrCl2F2N2O3S/c1-11(14-8-6-13(23)10-16(14)24)27-21(29)15-7-5-12(22)9-19(15)28-32(30,31)20-17(25)3-2-4-18(20)26/h2-11,28H,1H3,(H,27,29)/t11-/m1/s1. The predicted octanol–water partition coefficient (Wildman–Crippen LogP) is 6.33. The highest BCUT2D eigenvalue weighted by Crippen LogP contribution is 2.29. The molecule has 0 heterocycles. The summed E-state index contributed by atoms with van der Waals surface area (Å²) in [4.78, 5) is 11.8. The van der Waals surface area contributed by atoms with Gasteiger partial charge >= 0.3 is 0 Å². The second kappa shape index (κ2) is 9.74. The summed E-state index contributed by atoms with van der Waals surface area (Å²) >= 11 is 15.3. The maximum absolute atomic E-state index is 14.0. The zero-order chi connectivity index (χ0) is 23.6. The topological polar surface area (TPSA) is 75.3 Å². The Hall–Kier alpha value is -2.20. The van der Waals surface area contributed by atoms with Gasteiger partial charge in [-0.1, -0.05) is 51.3 Å². The van der Waals surface area contributed by atoms with E-state index in [1.54, 1.807) is 19.1 Å². The van der Waals surface area contributed by atoms with E-state index in [2.05, 4.69) is 26.0 Å². The first-order valence-corrected chi connectivity index (χ1v) is 12.0. The minimum Gasteiger partial charge on any atom is -0.345 e. The van der Waals surface area contributed by atoms with E-state index in [-0.39, 0.29) is 11.3 Å². The average molecular weight is 564 g/mol. The first kappa shape index (κ1) is 24.4. The van der Waals surface area contributed by atoms with E-state index in [0.29, 0.717) is 20.1 Å². The Bertz CT molecular complexity index is 1290. The molecule has 11 heteroatoms. The third-order valence-corrected chi connectivity index (χ3v) is 6.91. The molecule has 5 nitrogen and oxygen atoms in total. The van der Waals surface area contributed by atoms with Crippen LogP contribution in [0.3, 0.4) is 0 Å². The average Bonchev–Trinajstić information content (AvgIpc) is 2.67. The van der Waals surface area contributed by atoms with E-state index in [9.17, 15) is 22.0 Å². The summed E-state index contributed by atoms with van der Waals surface area (Å²) in [6.07, 6.45) is 0. The summed E-state index contributed by atoms with van der Waals surface area (Å²) in [6, 6.07) is 11.1. The van der Waals surface area contributed by atoms with Crippen molar-refractivity contribution in [1.82, 2.24) is 5.32 Å². The molecule has 0 saturated heterocycles. The normalized spacial score (nSPS) is 12.3. The molecule has 32 heavy (non-hydrogen) atoms. The second-order valence-corrected chi connectivity index (χ2v) is 10.1. The van der Waals surface area contributed by atoms with Crippen molar-refractivity contribution in [1.29, 1.82) is 0 Å². The van der Waals surface area contributed by atoms with Crippen molar-refractivity contribution in [2.75, 3.05) is 4.72 Å². The van der Waals surface area contributed by atoms with E-state index in [4.69, 9.17) is 23.2 Å². The highest BCUT2D eigenvalue weighted by molar-refractivity contribution is 9.10. The van der Waals surface area contributed by atoms with Gasteiger partial charge < -0.3 is 5.32 Å². The van der Waals surface area contributed by atoms with Gasteiger partial charge in [0.2, 0.25) is 0 Å². The van der Waals surface area contributed by atoms with Crippen LogP contribution in [0.1, 0.15) is 28.9 Å². The van der Waals surface area contributed by atoms with Crippen LogP contribution in [0, 0.1) is 11.6 Å². The van der Waals surface area contributed by atoms with Crippen LogP contribution in [0.4, 0.5) is 14.5 Å². The largest absolute Gasteiger partial charge is 0.345 e. The number of amides is 1. The van der Waals surface area contributed by atoms with Crippen LogP contribution in [0.25, 0.3) is 0 Å². The van der Waals surface area contributed by atoms with Crippen molar-refractivity contribution in [3.05, 3.63) is 91.9 Å². The molecular formula is C21H15BrCl2F2N2O3S. The molecule has 0 aliphatic heterocycles. The van der Waals surface area contributed by atoms with Gasteiger partial charge in [-0.25, -0.2) is 17.2 Å². The van der Waals surface area contributed by atoms with E-state index < -0.39 is 38.5 Å². The molecule has 0 spiro atoms. The lowest BCUT2D eigenvalue weighted by Gasteiger charge is -2.18. The molecule has 1 amide bonds. The molecule has 0 aromatic heterocycles. The second-order valence-electron chi connectivity index (χ2n) is 6.71. The minimum atomic E-state index is -4.68. The van der Waals surface area contributed by atoms with E-state index in [1.165, 1.54) is 24.3 Å². The molecule has 3 aromatic carbocycles. The van der Waals surface area contributed by atoms with Gasteiger partial charge in [-0.15, -0.1) is 0 Å².